The predicted octanol–water partition coefficient (Wildman–Crippen LogP) is 2.25. The summed E-state index contributed by atoms with van der Waals surface area (Å²) >= 11 is 3.40. The first-order chi connectivity index (χ1) is 9.47. The van der Waals surface area contributed by atoms with Crippen LogP contribution in [0.2, 0.25) is 0 Å². The van der Waals surface area contributed by atoms with Crippen LogP contribution in [0.3, 0.4) is 0 Å². The standard InChI is InChI=1S/C14H17BrN2O3/c1-9-4-5-11(10(15)7-9)16-13(18)8-17-6-2-3-12(17)14(19)20/h4-5,7,12H,2-3,6,8H2,1H3,(H,16,18)(H,19,20). The molecule has 1 unspecified atom stereocenters. The van der Waals surface area contributed by atoms with E-state index in [0.29, 0.717) is 18.7 Å². The van der Waals surface area contributed by atoms with Gasteiger partial charge in [0.25, 0.3) is 0 Å². The number of halogens is 1. The second-order valence-corrected chi connectivity index (χ2v) is 5.85. The normalized spacial score (nSPS) is 19.0. The largest absolute Gasteiger partial charge is 0.480 e. The van der Waals surface area contributed by atoms with Gasteiger partial charge >= 0.3 is 5.97 Å². The Hall–Kier alpha value is -1.40. The molecule has 1 heterocycles. The zero-order chi connectivity index (χ0) is 14.7. The van der Waals surface area contributed by atoms with Gasteiger partial charge in [-0.3, -0.25) is 14.5 Å². The number of benzene rings is 1. The van der Waals surface area contributed by atoms with Crippen molar-refractivity contribution in [2.75, 3.05) is 18.4 Å². The minimum absolute atomic E-state index is 0.108. The van der Waals surface area contributed by atoms with Gasteiger partial charge in [-0.1, -0.05) is 6.07 Å². The average Bonchev–Trinajstić information content (AvgIpc) is 2.81. The molecule has 5 nitrogen and oxygen atoms in total. The van der Waals surface area contributed by atoms with Crippen LogP contribution >= 0.6 is 15.9 Å². The van der Waals surface area contributed by atoms with E-state index in [4.69, 9.17) is 5.11 Å². The number of nitrogens with one attached hydrogen (secondary N) is 1. The van der Waals surface area contributed by atoms with E-state index in [1.165, 1.54) is 0 Å². The highest BCUT2D eigenvalue weighted by atomic mass is 79.9. The summed E-state index contributed by atoms with van der Waals surface area (Å²) < 4.78 is 0.821. The Morgan fingerprint density at radius 3 is 2.90 bits per heavy atom. The first-order valence-electron chi connectivity index (χ1n) is 6.50. The van der Waals surface area contributed by atoms with Crippen molar-refractivity contribution in [3.63, 3.8) is 0 Å². The quantitative estimate of drug-likeness (QED) is 0.881. The van der Waals surface area contributed by atoms with Crippen LogP contribution in [0.4, 0.5) is 5.69 Å². The topological polar surface area (TPSA) is 69.6 Å². The number of anilines is 1. The zero-order valence-corrected chi connectivity index (χ0v) is 12.8. The molecule has 1 aliphatic heterocycles. The van der Waals surface area contributed by atoms with Crippen LogP contribution < -0.4 is 5.32 Å². The van der Waals surface area contributed by atoms with Crippen molar-refractivity contribution in [3.05, 3.63) is 28.2 Å². The zero-order valence-electron chi connectivity index (χ0n) is 11.2. The molecule has 1 aromatic rings. The van der Waals surface area contributed by atoms with Gasteiger partial charge in [-0.05, 0) is 59.9 Å². The number of rotatable bonds is 4. The Balaban J connectivity index is 1.97. The number of carbonyl (C=O) groups excluding carboxylic acids is 1. The van der Waals surface area contributed by atoms with Gasteiger partial charge in [0.1, 0.15) is 6.04 Å². The lowest BCUT2D eigenvalue weighted by Gasteiger charge is -2.20. The van der Waals surface area contributed by atoms with E-state index in [2.05, 4.69) is 21.2 Å². The second kappa shape index (κ2) is 6.37. The summed E-state index contributed by atoms with van der Waals surface area (Å²) in [6, 6.07) is 5.12. The molecule has 0 aromatic heterocycles. The molecule has 108 valence electrons. The molecule has 1 aromatic carbocycles. The number of carbonyl (C=O) groups is 2. The lowest BCUT2D eigenvalue weighted by Crippen LogP contribution is -2.40. The number of carboxylic acid groups (broad SMARTS) is 1. The van der Waals surface area contributed by atoms with Crippen LogP contribution in [0.15, 0.2) is 22.7 Å². The van der Waals surface area contributed by atoms with Crippen molar-refractivity contribution >= 4 is 33.5 Å². The number of hydrogen-bond acceptors (Lipinski definition) is 3. The van der Waals surface area contributed by atoms with E-state index in [-0.39, 0.29) is 12.5 Å². The van der Waals surface area contributed by atoms with Gasteiger partial charge in [0, 0.05) is 4.47 Å². The van der Waals surface area contributed by atoms with E-state index < -0.39 is 12.0 Å². The van der Waals surface area contributed by atoms with Gasteiger partial charge < -0.3 is 10.4 Å². The Labute approximate surface area is 126 Å². The van der Waals surface area contributed by atoms with Crippen molar-refractivity contribution in [2.45, 2.75) is 25.8 Å². The van der Waals surface area contributed by atoms with Gasteiger partial charge in [0.05, 0.1) is 12.2 Å². The summed E-state index contributed by atoms with van der Waals surface area (Å²) in [5.41, 5.74) is 1.80. The van der Waals surface area contributed by atoms with Crippen LogP contribution in [0.5, 0.6) is 0 Å². The van der Waals surface area contributed by atoms with Crippen molar-refractivity contribution in [1.29, 1.82) is 0 Å². The van der Waals surface area contributed by atoms with Gasteiger partial charge in [-0.25, -0.2) is 0 Å². The molecule has 1 amide bonds. The average molecular weight is 341 g/mol. The van der Waals surface area contributed by atoms with Crippen molar-refractivity contribution in [2.24, 2.45) is 0 Å². The number of hydrogen-bond donors (Lipinski definition) is 2. The van der Waals surface area contributed by atoms with Crippen LogP contribution in [-0.2, 0) is 9.59 Å². The molecule has 1 fully saturated rings. The van der Waals surface area contributed by atoms with Crippen LogP contribution in [-0.4, -0.2) is 41.0 Å². The summed E-state index contributed by atoms with van der Waals surface area (Å²) in [6.45, 7) is 2.73. The Morgan fingerprint density at radius 1 is 1.50 bits per heavy atom. The van der Waals surface area contributed by atoms with Gasteiger partial charge in [0.2, 0.25) is 5.91 Å². The summed E-state index contributed by atoms with van der Waals surface area (Å²) in [5, 5.41) is 11.9. The molecular weight excluding hydrogens is 324 g/mol. The summed E-state index contributed by atoms with van der Waals surface area (Å²) in [6.07, 6.45) is 1.43. The molecule has 1 atom stereocenters. The minimum Gasteiger partial charge on any atom is -0.480 e. The maximum Gasteiger partial charge on any atom is 0.320 e. The lowest BCUT2D eigenvalue weighted by molar-refractivity contribution is -0.142. The fraction of sp³-hybridized carbons (Fsp3) is 0.429. The molecular formula is C14H17BrN2O3. The van der Waals surface area contributed by atoms with Crippen LogP contribution in [0.25, 0.3) is 0 Å². The molecule has 6 heteroatoms. The third-order valence-corrected chi connectivity index (χ3v) is 4.05. The third-order valence-electron chi connectivity index (χ3n) is 3.39. The molecule has 0 bridgehead atoms. The predicted molar refractivity (Wildman–Crippen MR) is 79.7 cm³/mol. The van der Waals surface area contributed by atoms with E-state index in [1.54, 1.807) is 4.90 Å². The minimum atomic E-state index is -0.855. The Bertz CT molecular complexity index is 533. The second-order valence-electron chi connectivity index (χ2n) is 5.00. The Morgan fingerprint density at radius 2 is 2.25 bits per heavy atom. The molecule has 0 radical (unpaired) electrons. The summed E-state index contributed by atoms with van der Waals surface area (Å²) in [4.78, 5) is 24.8. The fourth-order valence-corrected chi connectivity index (χ4v) is 2.98. The van der Waals surface area contributed by atoms with E-state index in [1.807, 2.05) is 25.1 Å². The lowest BCUT2D eigenvalue weighted by atomic mass is 10.2. The van der Waals surface area contributed by atoms with Crippen molar-refractivity contribution in [3.8, 4) is 0 Å². The highest BCUT2D eigenvalue weighted by molar-refractivity contribution is 9.10. The maximum atomic E-state index is 12.0. The van der Waals surface area contributed by atoms with Crippen LogP contribution in [0.1, 0.15) is 18.4 Å². The number of nitrogens with zero attached hydrogens (tertiary/aromatic N) is 1. The van der Waals surface area contributed by atoms with E-state index in [0.717, 1.165) is 16.5 Å². The first-order valence-corrected chi connectivity index (χ1v) is 7.29. The number of likely N-dealkylation sites (tertiary alicyclic amines) is 1. The Kier molecular flexibility index (Phi) is 4.77. The molecule has 1 saturated heterocycles. The highest BCUT2D eigenvalue weighted by Gasteiger charge is 2.31. The SMILES string of the molecule is Cc1ccc(NC(=O)CN2CCCC2C(=O)O)c(Br)c1. The molecule has 2 rings (SSSR count). The molecule has 1 aliphatic rings. The monoisotopic (exact) mass is 340 g/mol. The van der Waals surface area contributed by atoms with Crippen molar-refractivity contribution in [1.82, 2.24) is 4.90 Å². The molecule has 20 heavy (non-hydrogen) atoms. The smallest absolute Gasteiger partial charge is 0.320 e. The molecule has 0 aliphatic carbocycles. The first kappa shape index (κ1) is 15.0. The van der Waals surface area contributed by atoms with Crippen LogP contribution in [0, 0.1) is 6.92 Å². The third kappa shape index (κ3) is 3.58. The summed E-state index contributed by atoms with van der Waals surface area (Å²) in [7, 11) is 0. The number of amides is 1. The number of carboxylic acids is 1. The number of aliphatic carboxylic acids is 1. The van der Waals surface area contributed by atoms with Gasteiger partial charge in [0.15, 0.2) is 0 Å². The molecule has 0 spiro atoms. The van der Waals surface area contributed by atoms with Gasteiger partial charge in [-0.15, -0.1) is 0 Å². The molecule has 0 saturated carbocycles. The fourth-order valence-electron chi connectivity index (χ4n) is 2.39. The van der Waals surface area contributed by atoms with E-state index in [9.17, 15) is 9.59 Å². The van der Waals surface area contributed by atoms with E-state index >= 15 is 0 Å². The molecule has 2 N–H and O–H groups in total. The number of aryl methyl sites for hydroxylation is 1. The summed E-state index contributed by atoms with van der Waals surface area (Å²) in [5.74, 6) is -1.05. The van der Waals surface area contributed by atoms with Crippen molar-refractivity contribution < 1.29 is 14.7 Å². The van der Waals surface area contributed by atoms with Gasteiger partial charge in [-0.2, -0.15) is 0 Å². The highest BCUT2D eigenvalue weighted by Crippen LogP contribution is 2.23. The maximum absolute atomic E-state index is 12.0.